The van der Waals surface area contributed by atoms with Gasteiger partial charge in [0.25, 0.3) is 0 Å². The molecule has 0 atom stereocenters. The SMILES string of the molecule is O=C(CCc1ccc(S(=O)(=O)N2CCOCC2)cc1)OCC(=O)c1ccc(-c2ccccc2)cc1. The molecule has 0 unspecified atom stereocenters. The van der Waals surface area contributed by atoms with Gasteiger partial charge in [-0.3, -0.25) is 9.59 Å². The van der Waals surface area contributed by atoms with Crippen molar-refractivity contribution in [2.24, 2.45) is 0 Å². The van der Waals surface area contributed by atoms with Gasteiger partial charge in [0.1, 0.15) is 0 Å². The maximum atomic E-state index is 12.7. The molecule has 8 heteroatoms. The molecule has 0 amide bonds. The van der Waals surface area contributed by atoms with Gasteiger partial charge in [0, 0.05) is 25.1 Å². The summed E-state index contributed by atoms with van der Waals surface area (Å²) in [6.45, 7) is 1.14. The lowest BCUT2D eigenvalue weighted by Crippen LogP contribution is -2.40. The number of sulfonamides is 1. The van der Waals surface area contributed by atoms with E-state index in [0.717, 1.165) is 16.7 Å². The predicted molar refractivity (Wildman–Crippen MR) is 132 cm³/mol. The molecule has 1 fully saturated rings. The summed E-state index contributed by atoms with van der Waals surface area (Å²) in [5.41, 5.74) is 3.35. The topological polar surface area (TPSA) is 90.0 Å². The lowest BCUT2D eigenvalue weighted by molar-refractivity contribution is -0.142. The average Bonchev–Trinajstić information content (AvgIpc) is 2.92. The molecule has 0 bridgehead atoms. The normalized spacial score (nSPS) is 14.4. The molecular formula is C27H27NO6S. The zero-order valence-corrected chi connectivity index (χ0v) is 20.1. The Hall–Kier alpha value is -3.33. The van der Waals surface area contributed by atoms with Crippen molar-refractivity contribution in [2.45, 2.75) is 17.7 Å². The third-order valence-corrected chi connectivity index (χ3v) is 7.74. The third kappa shape index (κ3) is 6.42. The highest BCUT2D eigenvalue weighted by atomic mass is 32.2. The fourth-order valence-corrected chi connectivity index (χ4v) is 5.20. The second-order valence-corrected chi connectivity index (χ2v) is 10.1. The van der Waals surface area contributed by atoms with Gasteiger partial charge >= 0.3 is 5.97 Å². The second kappa shape index (κ2) is 11.4. The zero-order chi connectivity index (χ0) is 24.7. The molecule has 0 aliphatic carbocycles. The smallest absolute Gasteiger partial charge is 0.306 e. The molecule has 1 heterocycles. The Morgan fingerprint density at radius 2 is 1.46 bits per heavy atom. The molecule has 0 radical (unpaired) electrons. The van der Waals surface area contributed by atoms with E-state index < -0.39 is 16.0 Å². The van der Waals surface area contributed by atoms with E-state index in [9.17, 15) is 18.0 Å². The highest BCUT2D eigenvalue weighted by Crippen LogP contribution is 2.20. The van der Waals surface area contributed by atoms with Gasteiger partial charge < -0.3 is 9.47 Å². The fraction of sp³-hybridized carbons (Fsp3) is 0.259. The van der Waals surface area contributed by atoms with Crippen LogP contribution < -0.4 is 0 Å². The van der Waals surface area contributed by atoms with E-state index in [2.05, 4.69) is 0 Å². The minimum atomic E-state index is -3.55. The summed E-state index contributed by atoms with van der Waals surface area (Å²) in [7, 11) is -3.55. The van der Waals surface area contributed by atoms with Gasteiger partial charge in [-0.15, -0.1) is 0 Å². The third-order valence-electron chi connectivity index (χ3n) is 5.83. The van der Waals surface area contributed by atoms with Crippen LogP contribution in [-0.4, -0.2) is 57.4 Å². The second-order valence-electron chi connectivity index (χ2n) is 8.19. The molecule has 1 saturated heterocycles. The highest BCUT2D eigenvalue weighted by molar-refractivity contribution is 7.89. The van der Waals surface area contributed by atoms with Crippen LogP contribution in [0.15, 0.2) is 83.8 Å². The van der Waals surface area contributed by atoms with Gasteiger partial charge in [0.05, 0.1) is 18.1 Å². The number of benzene rings is 3. The Morgan fingerprint density at radius 1 is 0.829 bits per heavy atom. The number of esters is 1. The maximum Gasteiger partial charge on any atom is 0.306 e. The molecule has 0 saturated carbocycles. The van der Waals surface area contributed by atoms with E-state index in [-0.39, 0.29) is 23.7 Å². The van der Waals surface area contributed by atoms with Gasteiger partial charge in [0.15, 0.2) is 12.4 Å². The van der Waals surface area contributed by atoms with E-state index in [1.165, 1.54) is 4.31 Å². The van der Waals surface area contributed by atoms with Crippen LogP contribution in [0.4, 0.5) is 0 Å². The van der Waals surface area contributed by atoms with E-state index in [1.54, 1.807) is 36.4 Å². The first-order valence-electron chi connectivity index (χ1n) is 11.4. The molecule has 3 aromatic carbocycles. The van der Waals surface area contributed by atoms with Crippen LogP contribution >= 0.6 is 0 Å². The number of nitrogens with zero attached hydrogens (tertiary/aromatic N) is 1. The first-order valence-corrected chi connectivity index (χ1v) is 12.9. The van der Waals surface area contributed by atoms with Crippen LogP contribution in [0.5, 0.6) is 0 Å². The monoisotopic (exact) mass is 493 g/mol. The molecule has 1 aliphatic rings. The molecule has 35 heavy (non-hydrogen) atoms. The highest BCUT2D eigenvalue weighted by Gasteiger charge is 2.26. The van der Waals surface area contributed by atoms with E-state index >= 15 is 0 Å². The van der Waals surface area contributed by atoms with Crippen molar-refractivity contribution >= 4 is 21.8 Å². The molecule has 4 rings (SSSR count). The maximum absolute atomic E-state index is 12.7. The van der Waals surface area contributed by atoms with E-state index in [1.807, 2.05) is 42.5 Å². The Balaban J connectivity index is 1.24. The van der Waals surface area contributed by atoms with Crippen molar-refractivity contribution in [1.82, 2.24) is 4.31 Å². The van der Waals surface area contributed by atoms with Crippen molar-refractivity contribution < 1.29 is 27.5 Å². The van der Waals surface area contributed by atoms with Gasteiger partial charge in [0.2, 0.25) is 10.0 Å². The first-order chi connectivity index (χ1) is 16.9. The van der Waals surface area contributed by atoms with Crippen LogP contribution in [0, 0.1) is 0 Å². The molecule has 182 valence electrons. The number of morpholine rings is 1. The van der Waals surface area contributed by atoms with Gasteiger partial charge in [-0.1, -0.05) is 66.7 Å². The summed E-state index contributed by atoms with van der Waals surface area (Å²) in [5, 5.41) is 0. The van der Waals surface area contributed by atoms with Crippen molar-refractivity contribution in [2.75, 3.05) is 32.9 Å². The number of hydrogen-bond donors (Lipinski definition) is 0. The van der Waals surface area contributed by atoms with Gasteiger partial charge in [-0.05, 0) is 35.2 Å². The summed E-state index contributed by atoms with van der Waals surface area (Å²) >= 11 is 0. The molecular weight excluding hydrogens is 466 g/mol. The number of rotatable bonds is 9. The zero-order valence-electron chi connectivity index (χ0n) is 19.3. The number of carbonyl (C=O) groups excluding carboxylic acids is 2. The van der Waals surface area contributed by atoms with Crippen molar-refractivity contribution in [1.29, 1.82) is 0 Å². The molecule has 3 aromatic rings. The first kappa shape index (κ1) is 24.8. The predicted octanol–water partition coefficient (Wildman–Crippen LogP) is 3.73. The van der Waals surface area contributed by atoms with Crippen molar-refractivity contribution in [3.8, 4) is 11.1 Å². The Kier molecular flexibility index (Phi) is 8.07. The number of ether oxygens (including phenoxy) is 2. The molecule has 1 aliphatic heterocycles. The van der Waals surface area contributed by atoms with Crippen LogP contribution in [0.25, 0.3) is 11.1 Å². The van der Waals surface area contributed by atoms with Crippen molar-refractivity contribution in [3.63, 3.8) is 0 Å². The van der Waals surface area contributed by atoms with E-state index in [4.69, 9.17) is 9.47 Å². The lowest BCUT2D eigenvalue weighted by Gasteiger charge is -2.26. The van der Waals surface area contributed by atoms with Crippen LogP contribution in [0.2, 0.25) is 0 Å². The standard InChI is InChI=1S/C27H27NO6S/c29-26(24-11-9-23(10-12-24)22-4-2-1-3-5-22)20-34-27(30)15-8-21-6-13-25(14-7-21)35(31,32)28-16-18-33-19-17-28/h1-7,9-14H,8,15-20H2. The number of aryl methyl sites for hydroxylation is 1. The number of ketones is 1. The molecule has 0 spiro atoms. The molecule has 7 nitrogen and oxygen atoms in total. The summed E-state index contributed by atoms with van der Waals surface area (Å²) in [5.74, 6) is -0.750. The summed E-state index contributed by atoms with van der Waals surface area (Å²) in [4.78, 5) is 24.7. The largest absolute Gasteiger partial charge is 0.457 e. The number of carbonyl (C=O) groups is 2. The lowest BCUT2D eigenvalue weighted by atomic mass is 10.0. The Bertz CT molecular complexity index is 1250. The summed E-state index contributed by atoms with van der Waals surface area (Å²) < 4.78 is 37.1. The number of hydrogen-bond acceptors (Lipinski definition) is 6. The summed E-state index contributed by atoms with van der Waals surface area (Å²) in [6.07, 6.45) is 0.479. The fourth-order valence-electron chi connectivity index (χ4n) is 3.79. The van der Waals surface area contributed by atoms with Gasteiger partial charge in [-0.2, -0.15) is 4.31 Å². The minimum Gasteiger partial charge on any atom is -0.457 e. The van der Waals surface area contributed by atoms with Crippen molar-refractivity contribution in [3.05, 3.63) is 90.0 Å². The number of Topliss-reactive ketones (excluding diaryl/α,β-unsaturated/α-hetero) is 1. The van der Waals surface area contributed by atoms with Crippen LogP contribution in [-0.2, 0) is 30.7 Å². The minimum absolute atomic E-state index is 0.0930. The van der Waals surface area contributed by atoms with Crippen LogP contribution in [0.1, 0.15) is 22.3 Å². The molecule has 0 N–H and O–H groups in total. The van der Waals surface area contributed by atoms with E-state index in [0.29, 0.717) is 38.3 Å². The Morgan fingerprint density at radius 3 is 2.11 bits per heavy atom. The molecule has 0 aromatic heterocycles. The average molecular weight is 494 g/mol. The van der Waals surface area contributed by atoms with Gasteiger partial charge in [-0.25, -0.2) is 8.42 Å². The van der Waals surface area contributed by atoms with Crippen LogP contribution in [0.3, 0.4) is 0 Å². The quantitative estimate of drug-likeness (QED) is 0.333. The summed E-state index contributed by atoms with van der Waals surface area (Å²) in [6, 6.07) is 23.5. The Labute approximate surface area is 205 Å².